The third kappa shape index (κ3) is 25.9. The number of carbonyl (C=O) groups excluding carboxylic acids is 2. The van der Waals surface area contributed by atoms with E-state index in [2.05, 4.69) is 60.3 Å². The Bertz CT molecular complexity index is 933. The quantitative estimate of drug-likeness (QED) is 0.0466. The van der Waals surface area contributed by atoms with E-state index < -0.39 is 5.79 Å². The molecule has 0 aromatic rings. The summed E-state index contributed by atoms with van der Waals surface area (Å²) >= 11 is 0. The highest BCUT2D eigenvalue weighted by Gasteiger charge is 2.40. The smallest absolute Gasteiger partial charge is 0.305 e. The summed E-state index contributed by atoms with van der Waals surface area (Å²) in [4.78, 5) is 27.4. The fourth-order valence-electron chi connectivity index (χ4n) is 8.61. The van der Waals surface area contributed by atoms with Crippen LogP contribution in [0.15, 0.2) is 0 Å². The summed E-state index contributed by atoms with van der Waals surface area (Å²) in [6, 6.07) is 0. The van der Waals surface area contributed by atoms with Gasteiger partial charge < -0.3 is 23.8 Å². The van der Waals surface area contributed by atoms with Gasteiger partial charge in [-0.25, -0.2) is 0 Å². The van der Waals surface area contributed by atoms with Crippen molar-refractivity contribution in [3.05, 3.63) is 0 Å². The van der Waals surface area contributed by atoms with E-state index in [1.54, 1.807) is 0 Å². The third-order valence-corrected chi connectivity index (χ3v) is 13.0. The first-order valence-electron chi connectivity index (χ1n) is 24.7. The van der Waals surface area contributed by atoms with Gasteiger partial charge in [-0.3, -0.25) is 9.59 Å². The Kier molecular flexibility index (Phi) is 28.9. The molecule has 3 atom stereocenters. The zero-order valence-corrected chi connectivity index (χ0v) is 39.1. The van der Waals surface area contributed by atoms with Gasteiger partial charge in [-0.15, -0.1) is 0 Å². The third-order valence-electron chi connectivity index (χ3n) is 13.0. The number of carbonyl (C=O) groups is 2. The van der Waals surface area contributed by atoms with Crippen LogP contribution < -0.4 is 0 Å². The fraction of sp³-hybridized carbons (Fsp3) is 0.960. The molecule has 7 heteroatoms. The van der Waals surface area contributed by atoms with Crippen LogP contribution in [0.4, 0.5) is 0 Å². The minimum absolute atomic E-state index is 0.0155. The van der Waals surface area contributed by atoms with Crippen LogP contribution in [0.3, 0.4) is 0 Å². The van der Waals surface area contributed by atoms with E-state index in [9.17, 15) is 9.59 Å². The van der Waals surface area contributed by atoms with Crippen LogP contribution in [-0.4, -0.2) is 68.2 Å². The molecule has 2 aliphatic heterocycles. The van der Waals surface area contributed by atoms with Crippen molar-refractivity contribution >= 4 is 11.9 Å². The Morgan fingerprint density at radius 2 is 1.00 bits per heavy atom. The average molecular weight is 806 g/mol. The van der Waals surface area contributed by atoms with Gasteiger partial charge in [-0.05, 0) is 106 Å². The lowest BCUT2D eigenvalue weighted by Gasteiger charge is -2.30. The van der Waals surface area contributed by atoms with Crippen molar-refractivity contribution in [3.8, 4) is 0 Å². The van der Waals surface area contributed by atoms with Gasteiger partial charge in [0.05, 0.1) is 25.9 Å². The number of piperidine rings is 1. The van der Waals surface area contributed by atoms with Gasteiger partial charge in [0.2, 0.25) is 0 Å². The Labute approximate surface area is 353 Å². The van der Waals surface area contributed by atoms with E-state index in [0.29, 0.717) is 61.6 Å². The highest BCUT2D eigenvalue weighted by molar-refractivity contribution is 5.69. The molecule has 2 fully saturated rings. The van der Waals surface area contributed by atoms with Crippen molar-refractivity contribution in [3.63, 3.8) is 0 Å². The first kappa shape index (κ1) is 52.0. The van der Waals surface area contributed by atoms with Gasteiger partial charge in [-0.1, -0.05) is 139 Å². The lowest BCUT2D eigenvalue weighted by atomic mass is 9.89. The normalized spacial score (nSPS) is 20.2. The van der Waals surface area contributed by atoms with Crippen molar-refractivity contribution in [2.75, 3.05) is 39.5 Å². The summed E-state index contributed by atoms with van der Waals surface area (Å²) in [5.74, 6) is 3.00. The molecule has 0 N–H and O–H groups in total. The van der Waals surface area contributed by atoms with E-state index in [0.717, 1.165) is 83.8 Å². The van der Waals surface area contributed by atoms with Gasteiger partial charge in [0, 0.05) is 32.2 Å². The lowest BCUT2D eigenvalue weighted by molar-refractivity contribution is -0.180. The average Bonchev–Trinajstić information content (AvgIpc) is 3.58. The molecule has 7 nitrogen and oxygen atoms in total. The Balaban J connectivity index is 1.61. The van der Waals surface area contributed by atoms with Gasteiger partial charge in [0.1, 0.15) is 0 Å². The van der Waals surface area contributed by atoms with E-state index in [1.165, 1.54) is 96.6 Å². The van der Waals surface area contributed by atoms with E-state index in [1.807, 2.05) is 0 Å². The molecule has 57 heavy (non-hydrogen) atoms. The first-order chi connectivity index (χ1) is 27.4. The molecule has 2 saturated heterocycles. The topological polar surface area (TPSA) is 74.3 Å². The van der Waals surface area contributed by atoms with Crippen molar-refractivity contribution in [2.45, 2.75) is 234 Å². The van der Waals surface area contributed by atoms with Gasteiger partial charge in [0.15, 0.2) is 5.79 Å². The summed E-state index contributed by atoms with van der Waals surface area (Å²) in [7, 11) is 0. The SMILES string of the molecule is CC(C)CCC(COC(=O)CCCCCCCCCC1(CCCCCCCCCC(=O)OCC(CCC(C)C)C(C)C)OC[C@H](CCN2CCCCC2)O1)C(C)C. The molecule has 0 aromatic heterocycles. The number of nitrogens with zero attached hydrogens (tertiary/aromatic N) is 1. The van der Waals surface area contributed by atoms with Gasteiger partial charge in [0.25, 0.3) is 0 Å². The number of likely N-dealkylation sites (tertiary alicyclic amines) is 1. The van der Waals surface area contributed by atoms with Crippen LogP contribution in [0.25, 0.3) is 0 Å². The van der Waals surface area contributed by atoms with Crippen molar-refractivity contribution < 1.29 is 28.5 Å². The molecule has 2 heterocycles. The first-order valence-corrected chi connectivity index (χ1v) is 24.7. The number of hydrogen-bond donors (Lipinski definition) is 0. The monoisotopic (exact) mass is 806 g/mol. The Hall–Kier alpha value is -1.18. The molecule has 2 rings (SSSR count). The number of ether oxygens (including phenoxy) is 4. The molecule has 0 radical (unpaired) electrons. The predicted octanol–water partition coefficient (Wildman–Crippen LogP) is 13.5. The van der Waals surface area contributed by atoms with Gasteiger partial charge >= 0.3 is 11.9 Å². The molecular formula is C50H95NO6. The predicted molar refractivity (Wildman–Crippen MR) is 238 cm³/mol. The maximum atomic E-state index is 12.4. The minimum atomic E-state index is -0.403. The summed E-state index contributed by atoms with van der Waals surface area (Å²) < 4.78 is 24.8. The molecule has 0 aromatic carbocycles. The maximum Gasteiger partial charge on any atom is 0.305 e. The molecule has 0 saturated carbocycles. The Morgan fingerprint density at radius 1 is 0.579 bits per heavy atom. The number of unbranched alkanes of at least 4 members (excludes halogenated alkanes) is 12. The van der Waals surface area contributed by atoms with E-state index >= 15 is 0 Å². The Morgan fingerprint density at radius 3 is 1.42 bits per heavy atom. The van der Waals surface area contributed by atoms with Crippen LogP contribution in [0, 0.1) is 35.5 Å². The zero-order valence-electron chi connectivity index (χ0n) is 39.1. The fourth-order valence-corrected chi connectivity index (χ4v) is 8.61. The maximum absolute atomic E-state index is 12.4. The molecule has 0 amide bonds. The lowest BCUT2D eigenvalue weighted by Crippen LogP contribution is -2.34. The molecule has 0 bridgehead atoms. The highest BCUT2D eigenvalue weighted by atomic mass is 16.7. The van der Waals surface area contributed by atoms with Crippen LogP contribution in [-0.2, 0) is 28.5 Å². The van der Waals surface area contributed by atoms with Crippen molar-refractivity contribution in [2.24, 2.45) is 35.5 Å². The minimum Gasteiger partial charge on any atom is -0.465 e. The summed E-state index contributed by atoms with van der Waals surface area (Å²) in [6.45, 7) is 23.5. The second-order valence-electron chi connectivity index (χ2n) is 19.9. The number of esters is 2. The van der Waals surface area contributed by atoms with Crippen LogP contribution >= 0.6 is 0 Å². The number of hydrogen-bond acceptors (Lipinski definition) is 7. The standard InChI is InChI=1S/C50H95NO6/c1-41(2)28-30-45(43(5)6)38-54-48(52)26-20-15-11-9-13-17-22-33-50(56-40-47(57-50)32-37-51-35-24-19-25-36-51)34-23-18-14-10-12-16-21-27-49(53)55-39-46(44(7)8)31-29-42(3)4/h41-47H,9-40H2,1-8H3/t45?,46?,47-,50?/m0/s1. The zero-order chi connectivity index (χ0) is 41.7. The summed E-state index contributed by atoms with van der Waals surface area (Å²) in [5.41, 5.74) is 0. The van der Waals surface area contributed by atoms with Crippen LogP contribution in [0.1, 0.15) is 222 Å². The van der Waals surface area contributed by atoms with E-state index in [-0.39, 0.29) is 18.0 Å². The molecular weight excluding hydrogens is 711 g/mol. The molecule has 2 unspecified atom stereocenters. The van der Waals surface area contributed by atoms with Crippen LogP contribution in [0.5, 0.6) is 0 Å². The molecule has 0 spiro atoms. The highest BCUT2D eigenvalue weighted by Crippen LogP contribution is 2.36. The second kappa shape index (κ2) is 31.7. The number of rotatable bonds is 35. The van der Waals surface area contributed by atoms with Crippen molar-refractivity contribution in [1.29, 1.82) is 0 Å². The molecule has 336 valence electrons. The van der Waals surface area contributed by atoms with Gasteiger partial charge in [-0.2, -0.15) is 0 Å². The van der Waals surface area contributed by atoms with Crippen molar-refractivity contribution in [1.82, 2.24) is 4.90 Å². The van der Waals surface area contributed by atoms with Crippen LogP contribution in [0.2, 0.25) is 0 Å². The molecule has 0 aliphatic carbocycles. The molecule has 2 aliphatic rings. The second-order valence-corrected chi connectivity index (χ2v) is 19.9. The summed E-state index contributed by atoms with van der Waals surface area (Å²) in [6.07, 6.45) is 29.2. The summed E-state index contributed by atoms with van der Waals surface area (Å²) in [5, 5.41) is 0. The largest absolute Gasteiger partial charge is 0.465 e. The van der Waals surface area contributed by atoms with E-state index in [4.69, 9.17) is 18.9 Å².